The lowest BCUT2D eigenvalue weighted by Crippen LogP contribution is -2.81. The zero-order valence-electron chi connectivity index (χ0n) is 22.2. The van der Waals surface area contributed by atoms with Crippen molar-refractivity contribution in [3.63, 3.8) is 0 Å². The lowest BCUT2D eigenvalue weighted by molar-refractivity contribution is -0.273. The summed E-state index contributed by atoms with van der Waals surface area (Å²) in [6.45, 7) is 2.50. The number of rotatable bonds is 8. The van der Waals surface area contributed by atoms with Gasteiger partial charge in [0.25, 0.3) is 0 Å². The molecule has 4 nitrogen and oxygen atoms in total. The number of piperidine rings is 1. The molecule has 196 valence electrons. The van der Waals surface area contributed by atoms with Crippen molar-refractivity contribution in [1.82, 2.24) is 4.90 Å². The van der Waals surface area contributed by atoms with E-state index < -0.39 is 0 Å². The molecule has 0 amide bonds. The SMILES string of the molecule is COc1ccc2c3c1O[C@@H]1C34CCN(CC3CC3)C(C2)[C@]42CC[C@@]1(OC)[C@@H](CSCc1ccccc1)C2. The van der Waals surface area contributed by atoms with Crippen LogP contribution in [0.25, 0.3) is 0 Å². The fourth-order valence-electron chi connectivity index (χ4n) is 9.79. The Hall–Kier alpha value is -1.69. The van der Waals surface area contributed by atoms with Gasteiger partial charge in [0.2, 0.25) is 0 Å². The highest BCUT2D eigenvalue weighted by Crippen LogP contribution is 2.76. The number of ether oxygens (including phenoxy) is 3. The van der Waals surface area contributed by atoms with Gasteiger partial charge >= 0.3 is 0 Å². The molecule has 2 aliphatic heterocycles. The molecule has 0 aromatic heterocycles. The Labute approximate surface area is 225 Å². The van der Waals surface area contributed by atoms with Crippen LogP contribution < -0.4 is 9.47 Å². The van der Waals surface area contributed by atoms with Gasteiger partial charge in [0.15, 0.2) is 11.5 Å². The van der Waals surface area contributed by atoms with E-state index in [1.165, 1.54) is 68.3 Å². The van der Waals surface area contributed by atoms with E-state index in [0.717, 1.165) is 35.3 Å². The van der Waals surface area contributed by atoms with Gasteiger partial charge in [0.05, 0.1) is 7.11 Å². The summed E-state index contributed by atoms with van der Waals surface area (Å²) in [6.07, 6.45) is 8.96. The first-order valence-corrected chi connectivity index (χ1v) is 15.6. The summed E-state index contributed by atoms with van der Waals surface area (Å²) in [4.78, 5) is 2.93. The Morgan fingerprint density at radius 3 is 2.70 bits per heavy atom. The van der Waals surface area contributed by atoms with Crippen LogP contribution in [0.3, 0.4) is 0 Å². The van der Waals surface area contributed by atoms with Crippen LogP contribution in [0, 0.1) is 17.3 Å². The maximum atomic E-state index is 7.17. The van der Waals surface area contributed by atoms with Gasteiger partial charge in [-0.05, 0) is 80.4 Å². The van der Waals surface area contributed by atoms with Crippen LogP contribution in [0.4, 0.5) is 0 Å². The highest BCUT2D eigenvalue weighted by atomic mass is 32.2. The Morgan fingerprint density at radius 1 is 1.05 bits per heavy atom. The lowest BCUT2D eigenvalue weighted by Gasteiger charge is -2.74. The van der Waals surface area contributed by atoms with Crippen molar-refractivity contribution >= 4 is 11.8 Å². The maximum Gasteiger partial charge on any atom is 0.165 e. The molecular weight excluding hydrogens is 478 g/mol. The second kappa shape index (κ2) is 8.16. The van der Waals surface area contributed by atoms with E-state index in [2.05, 4.69) is 59.1 Å². The van der Waals surface area contributed by atoms with Gasteiger partial charge < -0.3 is 14.2 Å². The Bertz CT molecular complexity index is 1220. The van der Waals surface area contributed by atoms with Gasteiger partial charge in [-0.1, -0.05) is 36.4 Å². The summed E-state index contributed by atoms with van der Waals surface area (Å²) in [5.41, 5.74) is 4.54. The molecule has 5 fully saturated rings. The van der Waals surface area contributed by atoms with E-state index in [9.17, 15) is 0 Å². The van der Waals surface area contributed by atoms with Crippen LogP contribution in [-0.4, -0.2) is 55.7 Å². The molecule has 9 rings (SSSR count). The first kappa shape index (κ1) is 23.2. The van der Waals surface area contributed by atoms with E-state index in [-0.39, 0.29) is 22.5 Å². The number of hydrogen-bond acceptors (Lipinski definition) is 5. The van der Waals surface area contributed by atoms with Crippen LogP contribution in [-0.2, 0) is 22.3 Å². The third-order valence-corrected chi connectivity index (χ3v) is 12.6. The van der Waals surface area contributed by atoms with E-state index in [1.807, 2.05) is 7.11 Å². The van der Waals surface area contributed by atoms with Gasteiger partial charge in [-0.3, -0.25) is 4.90 Å². The Kier molecular flexibility index (Phi) is 5.12. The maximum absolute atomic E-state index is 7.17. The summed E-state index contributed by atoms with van der Waals surface area (Å²) in [5, 5.41) is 0. The van der Waals surface area contributed by atoms with Gasteiger partial charge in [-0.15, -0.1) is 0 Å². The van der Waals surface area contributed by atoms with Crippen LogP contribution in [0.15, 0.2) is 42.5 Å². The largest absolute Gasteiger partial charge is 0.493 e. The highest BCUT2D eigenvalue weighted by molar-refractivity contribution is 7.98. The molecule has 2 spiro atoms. The number of fused-ring (bicyclic) bond motifs is 2. The van der Waals surface area contributed by atoms with Crippen molar-refractivity contribution in [3.05, 3.63) is 59.2 Å². The molecule has 2 aromatic carbocycles. The third kappa shape index (κ3) is 2.94. The molecule has 7 aliphatic rings. The molecule has 2 aromatic rings. The molecule has 0 radical (unpaired) electrons. The van der Waals surface area contributed by atoms with Crippen molar-refractivity contribution < 1.29 is 14.2 Å². The predicted molar refractivity (Wildman–Crippen MR) is 148 cm³/mol. The zero-order valence-corrected chi connectivity index (χ0v) is 23.0. The van der Waals surface area contributed by atoms with Crippen molar-refractivity contribution in [3.8, 4) is 11.5 Å². The summed E-state index contributed by atoms with van der Waals surface area (Å²) < 4.78 is 19.8. The number of likely N-dealkylation sites (tertiary alicyclic amines) is 1. The van der Waals surface area contributed by atoms with Crippen LogP contribution in [0.5, 0.6) is 11.5 Å². The van der Waals surface area contributed by atoms with Gasteiger partial charge in [0, 0.05) is 47.8 Å². The van der Waals surface area contributed by atoms with Gasteiger partial charge in [-0.25, -0.2) is 0 Å². The molecule has 6 atom stereocenters. The normalized spacial score (nSPS) is 38.8. The zero-order chi connectivity index (χ0) is 24.8. The Morgan fingerprint density at radius 2 is 1.92 bits per heavy atom. The molecular formula is C32H39NO3S. The highest BCUT2D eigenvalue weighted by Gasteiger charge is 2.80. The predicted octanol–water partition coefficient (Wildman–Crippen LogP) is 5.85. The van der Waals surface area contributed by atoms with Crippen molar-refractivity contribution in [2.75, 3.05) is 33.1 Å². The van der Waals surface area contributed by atoms with Crippen molar-refractivity contribution in [2.45, 2.75) is 73.9 Å². The fourth-order valence-corrected chi connectivity index (χ4v) is 11.0. The van der Waals surface area contributed by atoms with Gasteiger partial charge in [0.1, 0.15) is 11.7 Å². The molecule has 4 bridgehead atoms. The first-order valence-electron chi connectivity index (χ1n) is 14.4. The van der Waals surface area contributed by atoms with E-state index in [1.54, 1.807) is 7.11 Å². The van der Waals surface area contributed by atoms with E-state index >= 15 is 0 Å². The molecule has 0 N–H and O–H groups in total. The number of hydrogen-bond donors (Lipinski definition) is 0. The average Bonchev–Trinajstić information content (AvgIpc) is 3.68. The minimum Gasteiger partial charge on any atom is -0.493 e. The first-order chi connectivity index (χ1) is 18.1. The molecule has 37 heavy (non-hydrogen) atoms. The molecule has 2 heterocycles. The minimum atomic E-state index is -0.229. The minimum absolute atomic E-state index is 0.0596. The fraction of sp³-hybridized carbons (Fsp3) is 0.625. The van der Waals surface area contributed by atoms with Crippen molar-refractivity contribution in [1.29, 1.82) is 0 Å². The summed E-state index contributed by atoms with van der Waals surface area (Å²) in [7, 11) is 3.77. The summed E-state index contributed by atoms with van der Waals surface area (Å²) >= 11 is 2.09. The third-order valence-electron chi connectivity index (χ3n) is 11.4. The molecule has 5 heteroatoms. The van der Waals surface area contributed by atoms with Gasteiger partial charge in [-0.2, -0.15) is 11.8 Å². The number of nitrogens with zero attached hydrogens (tertiary/aromatic N) is 1. The monoisotopic (exact) mass is 517 g/mol. The standard InChI is InChI=1S/C32H39NO3S/c1-34-25-11-10-23-16-26-30-12-13-32(35-2,24(17-30)20-37-19-22-6-4-3-5-7-22)29-31(30,27(23)28(25)36-29)14-15-33(26)18-21-8-9-21/h3-7,10-11,21,24,26,29H,8-9,12-20H2,1-2H3/t24-,26?,29-,30-,31?,32-/m1/s1. The second-order valence-corrected chi connectivity index (χ2v) is 13.8. The summed E-state index contributed by atoms with van der Waals surface area (Å²) in [6, 6.07) is 16.1. The smallest absolute Gasteiger partial charge is 0.165 e. The van der Waals surface area contributed by atoms with Crippen molar-refractivity contribution in [2.24, 2.45) is 17.3 Å². The van der Waals surface area contributed by atoms with Crippen LogP contribution >= 0.6 is 11.8 Å². The Balaban J connectivity index is 1.22. The van der Waals surface area contributed by atoms with Crippen LogP contribution in [0.2, 0.25) is 0 Å². The molecule has 1 saturated heterocycles. The number of benzene rings is 2. The van der Waals surface area contributed by atoms with E-state index in [0.29, 0.717) is 12.0 Å². The second-order valence-electron chi connectivity index (χ2n) is 12.7. The molecule has 5 aliphatic carbocycles. The average molecular weight is 518 g/mol. The quantitative estimate of drug-likeness (QED) is 0.438. The number of methoxy groups -OCH3 is 2. The number of thioether (sulfide) groups is 1. The van der Waals surface area contributed by atoms with Crippen LogP contribution in [0.1, 0.15) is 55.2 Å². The summed E-state index contributed by atoms with van der Waals surface area (Å²) in [5.74, 6) is 5.59. The lowest BCUT2D eigenvalue weighted by atomic mass is 9.35. The molecule has 2 unspecified atom stereocenters. The van der Waals surface area contributed by atoms with E-state index in [4.69, 9.17) is 14.2 Å². The molecule has 4 saturated carbocycles. The topological polar surface area (TPSA) is 30.9 Å².